The van der Waals surface area contributed by atoms with Crippen LogP contribution in [-0.2, 0) is 0 Å². The van der Waals surface area contributed by atoms with E-state index in [2.05, 4.69) is 20.6 Å². The molecule has 0 radical (unpaired) electrons. The highest BCUT2D eigenvalue weighted by Crippen LogP contribution is 2.36. The number of hydrogen-bond acceptors (Lipinski definition) is 4. The molecule has 2 aromatic heterocycles. The summed E-state index contributed by atoms with van der Waals surface area (Å²) in [5, 5.41) is 10.1. The molecule has 2 heterocycles. The highest BCUT2D eigenvalue weighted by atomic mass is 16.1. The Hall–Kier alpha value is -2.81. The average molecular weight is 335 g/mol. The van der Waals surface area contributed by atoms with E-state index in [0.717, 1.165) is 36.8 Å². The third-order valence-electron chi connectivity index (χ3n) is 5.16. The number of nitriles is 1. The van der Waals surface area contributed by atoms with Crippen molar-refractivity contribution >= 4 is 22.7 Å². The van der Waals surface area contributed by atoms with E-state index in [1.54, 1.807) is 6.21 Å². The SMILES string of the molecule is N#Cc1c[nH]c(=O)c2c(C(C=NC3CC3)=CN)cn(C3CCCC3)c12. The van der Waals surface area contributed by atoms with E-state index in [9.17, 15) is 10.1 Å². The first-order chi connectivity index (χ1) is 12.2. The number of hydrogen-bond donors (Lipinski definition) is 2. The Morgan fingerprint density at radius 1 is 1.36 bits per heavy atom. The largest absolute Gasteiger partial charge is 0.404 e. The Kier molecular flexibility index (Phi) is 3.92. The van der Waals surface area contributed by atoms with Crippen molar-refractivity contribution < 1.29 is 0 Å². The van der Waals surface area contributed by atoms with Gasteiger partial charge in [0.25, 0.3) is 5.56 Å². The number of rotatable bonds is 4. The maximum atomic E-state index is 12.6. The minimum absolute atomic E-state index is 0.195. The minimum atomic E-state index is -0.195. The van der Waals surface area contributed by atoms with Gasteiger partial charge in [-0.25, -0.2) is 0 Å². The first-order valence-electron chi connectivity index (χ1n) is 8.84. The molecule has 128 valence electrons. The number of aliphatic imine (C=N–C) groups is 1. The third kappa shape index (κ3) is 2.76. The van der Waals surface area contributed by atoms with Crippen molar-refractivity contribution in [3.8, 4) is 6.07 Å². The number of fused-ring (bicyclic) bond motifs is 1. The normalized spacial score (nSPS) is 19.1. The first-order valence-corrected chi connectivity index (χ1v) is 8.84. The van der Waals surface area contributed by atoms with Gasteiger partial charge in [0.05, 0.1) is 22.5 Å². The van der Waals surface area contributed by atoms with E-state index < -0.39 is 0 Å². The molecule has 6 heteroatoms. The fraction of sp³-hybridized carbons (Fsp3) is 0.421. The number of nitrogens with two attached hydrogens (primary N) is 1. The summed E-state index contributed by atoms with van der Waals surface area (Å²) >= 11 is 0. The van der Waals surface area contributed by atoms with Crippen LogP contribution in [-0.4, -0.2) is 21.8 Å². The van der Waals surface area contributed by atoms with Crippen LogP contribution in [0.2, 0.25) is 0 Å². The van der Waals surface area contributed by atoms with Gasteiger partial charge in [-0.1, -0.05) is 12.8 Å². The lowest BCUT2D eigenvalue weighted by Gasteiger charge is -2.13. The van der Waals surface area contributed by atoms with E-state index in [4.69, 9.17) is 5.73 Å². The zero-order chi connectivity index (χ0) is 17.4. The second-order valence-electron chi connectivity index (χ2n) is 6.89. The molecule has 2 aliphatic carbocycles. The number of aromatic nitrogens is 2. The number of nitrogens with one attached hydrogen (secondary N) is 1. The number of nitrogens with zero attached hydrogens (tertiary/aromatic N) is 3. The smallest absolute Gasteiger partial charge is 0.258 e. The summed E-state index contributed by atoms with van der Waals surface area (Å²) < 4.78 is 2.11. The summed E-state index contributed by atoms with van der Waals surface area (Å²) in [7, 11) is 0. The molecule has 0 saturated heterocycles. The molecule has 2 aliphatic rings. The van der Waals surface area contributed by atoms with Gasteiger partial charge in [0.15, 0.2) is 0 Å². The van der Waals surface area contributed by atoms with Gasteiger partial charge in [0, 0.05) is 42.0 Å². The summed E-state index contributed by atoms with van der Waals surface area (Å²) in [6, 6.07) is 2.92. The van der Waals surface area contributed by atoms with Gasteiger partial charge in [-0.05, 0) is 25.7 Å². The van der Waals surface area contributed by atoms with Crippen LogP contribution in [0.1, 0.15) is 55.7 Å². The molecular weight excluding hydrogens is 314 g/mol. The van der Waals surface area contributed by atoms with Gasteiger partial charge in [-0.15, -0.1) is 0 Å². The summed E-state index contributed by atoms with van der Waals surface area (Å²) in [5.41, 5.74) is 8.34. The van der Waals surface area contributed by atoms with Crippen LogP contribution in [0.25, 0.3) is 16.5 Å². The quantitative estimate of drug-likeness (QED) is 0.840. The van der Waals surface area contributed by atoms with E-state index in [0.29, 0.717) is 28.6 Å². The number of aromatic amines is 1. The molecule has 0 aromatic carbocycles. The van der Waals surface area contributed by atoms with Crippen LogP contribution in [0.15, 0.2) is 28.4 Å². The van der Waals surface area contributed by atoms with Gasteiger partial charge >= 0.3 is 0 Å². The molecule has 2 fully saturated rings. The van der Waals surface area contributed by atoms with Crippen molar-refractivity contribution in [2.24, 2.45) is 10.7 Å². The first kappa shape index (κ1) is 15.7. The van der Waals surface area contributed by atoms with Gasteiger partial charge in [-0.2, -0.15) is 5.26 Å². The van der Waals surface area contributed by atoms with Crippen molar-refractivity contribution in [3.63, 3.8) is 0 Å². The lowest BCUT2D eigenvalue weighted by atomic mass is 10.1. The Morgan fingerprint density at radius 3 is 2.76 bits per heavy atom. The van der Waals surface area contributed by atoms with E-state index >= 15 is 0 Å². The highest BCUT2D eigenvalue weighted by Gasteiger charge is 2.25. The summed E-state index contributed by atoms with van der Waals surface area (Å²) in [5.74, 6) is 0. The zero-order valence-corrected chi connectivity index (χ0v) is 14.0. The number of pyridine rings is 1. The summed E-state index contributed by atoms with van der Waals surface area (Å²) in [4.78, 5) is 19.8. The average Bonchev–Trinajstić information content (AvgIpc) is 3.13. The van der Waals surface area contributed by atoms with Gasteiger partial charge in [0.2, 0.25) is 0 Å². The molecule has 3 N–H and O–H groups in total. The zero-order valence-electron chi connectivity index (χ0n) is 14.0. The van der Waals surface area contributed by atoms with E-state index in [1.165, 1.54) is 25.2 Å². The van der Waals surface area contributed by atoms with Crippen LogP contribution in [0.5, 0.6) is 0 Å². The molecule has 0 atom stereocenters. The van der Waals surface area contributed by atoms with Crippen molar-refractivity contribution in [2.75, 3.05) is 0 Å². The van der Waals surface area contributed by atoms with Crippen LogP contribution < -0.4 is 11.3 Å². The fourth-order valence-corrected chi connectivity index (χ4v) is 3.69. The Bertz CT molecular complexity index is 962. The van der Waals surface area contributed by atoms with Crippen LogP contribution in [0, 0.1) is 11.3 Å². The molecule has 6 nitrogen and oxygen atoms in total. The second-order valence-corrected chi connectivity index (χ2v) is 6.89. The topological polar surface area (TPSA) is 100.0 Å². The van der Waals surface area contributed by atoms with Crippen LogP contribution in [0.3, 0.4) is 0 Å². The van der Waals surface area contributed by atoms with Crippen LogP contribution in [0.4, 0.5) is 0 Å². The van der Waals surface area contributed by atoms with Crippen molar-refractivity contribution in [3.05, 3.63) is 40.1 Å². The number of H-pyrrole nitrogens is 1. The standard InChI is InChI=1S/C19H21N5O/c20-7-12(9-22-14-5-6-14)16-11-24(15-3-1-2-4-15)18-13(8-21)10-23-19(25)17(16)18/h7,9-11,14-15H,1-6,20H2,(H,23,25). The lowest BCUT2D eigenvalue weighted by molar-refractivity contribution is 0.535. The Labute approximate surface area is 145 Å². The fourth-order valence-electron chi connectivity index (χ4n) is 3.69. The molecule has 4 rings (SSSR count). The summed E-state index contributed by atoms with van der Waals surface area (Å²) in [6.45, 7) is 0. The minimum Gasteiger partial charge on any atom is -0.404 e. The van der Waals surface area contributed by atoms with Gasteiger partial charge < -0.3 is 15.3 Å². The predicted molar refractivity (Wildman–Crippen MR) is 98.5 cm³/mol. The van der Waals surface area contributed by atoms with E-state index in [1.807, 2.05) is 6.20 Å². The monoisotopic (exact) mass is 335 g/mol. The maximum Gasteiger partial charge on any atom is 0.258 e. The molecule has 25 heavy (non-hydrogen) atoms. The molecule has 0 spiro atoms. The Morgan fingerprint density at radius 2 is 2.12 bits per heavy atom. The molecular formula is C19H21N5O. The molecule has 2 aromatic rings. The van der Waals surface area contributed by atoms with Crippen molar-refractivity contribution in [1.82, 2.24) is 9.55 Å². The van der Waals surface area contributed by atoms with Crippen molar-refractivity contribution in [1.29, 1.82) is 5.26 Å². The third-order valence-corrected chi connectivity index (χ3v) is 5.16. The van der Waals surface area contributed by atoms with E-state index in [-0.39, 0.29) is 5.56 Å². The molecule has 0 unspecified atom stereocenters. The van der Waals surface area contributed by atoms with Crippen molar-refractivity contribution in [2.45, 2.75) is 50.6 Å². The van der Waals surface area contributed by atoms with Gasteiger partial charge in [-0.3, -0.25) is 9.79 Å². The number of allylic oxidation sites excluding steroid dienone is 1. The van der Waals surface area contributed by atoms with Crippen LogP contribution >= 0.6 is 0 Å². The Balaban J connectivity index is 1.94. The molecule has 0 aliphatic heterocycles. The highest BCUT2D eigenvalue weighted by molar-refractivity contribution is 6.15. The molecule has 0 amide bonds. The second kappa shape index (κ2) is 6.25. The summed E-state index contributed by atoms with van der Waals surface area (Å²) in [6.07, 6.45) is 13.5. The maximum absolute atomic E-state index is 12.6. The molecule has 0 bridgehead atoms. The predicted octanol–water partition coefficient (Wildman–Crippen LogP) is 2.85. The molecule has 2 saturated carbocycles. The lowest BCUT2D eigenvalue weighted by Crippen LogP contribution is -2.10. The van der Waals surface area contributed by atoms with Gasteiger partial charge in [0.1, 0.15) is 6.07 Å².